The summed E-state index contributed by atoms with van der Waals surface area (Å²) in [6.07, 6.45) is 3.45. The maximum Gasteiger partial charge on any atom is 0.357 e. The Hall–Kier alpha value is -2.80. The Bertz CT molecular complexity index is 924. The minimum atomic E-state index is -0.580. The zero-order chi connectivity index (χ0) is 18.6. The number of thiazole rings is 1. The van der Waals surface area contributed by atoms with Crippen LogP contribution in [-0.2, 0) is 9.53 Å². The van der Waals surface area contributed by atoms with Gasteiger partial charge in [-0.2, -0.15) is 0 Å². The molecule has 2 aromatic heterocycles. The quantitative estimate of drug-likeness (QED) is 0.649. The van der Waals surface area contributed by atoms with E-state index in [1.54, 1.807) is 34.4 Å². The lowest BCUT2D eigenvalue weighted by molar-refractivity contribution is -0.135. The number of piperidine rings is 1. The lowest BCUT2D eigenvalue weighted by atomic mass is 9.99. The molecule has 6 nitrogen and oxygen atoms in total. The lowest BCUT2D eigenvalue weighted by Crippen LogP contribution is -2.41. The average molecular weight is 381 g/mol. The van der Waals surface area contributed by atoms with Gasteiger partial charge in [0.2, 0.25) is 0 Å². The standard InChI is InChI=1S/C20H19N3O3S/c24-18(13-26-20(25)16-8-3-4-10-21-16)23-11-5-6-14(12-23)19-22-15-7-1-2-9-17(15)27-19/h1-4,7-10,14H,5-6,11-13H2/t14-/m1/s1. The van der Waals surface area contributed by atoms with Crippen molar-refractivity contribution < 1.29 is 14.3 Å². The number of aromatic nitrogens is 2. The van der Waals surface area contributed by atoms with Crippen LogP contribution in [0.2, 0.25) is 0 Å². The van der Waals surface area contributed by atoms with Crippen LogP contribution in [0.25, 0.3) is 10.2 Å². The summed E-state index contributed by atoms with van der Waals surface area (Å²) in [6, 6.07) is 13.1. The second-order valence-electron chi connectivity index (χ2n) is 6.49. The van der Waals surface area contributed by atoms with Crippen LogP contribution in [0.15, 0.2) is 48.7 Å². The Morgan fingerprint density at radius 3 is 2.85 bits per heavy atom. The molecule has 0 N–H and O–H groups in total. The van der Waals surface area contributed by atoms with Gasteiger partial charge in [-0.25, -0.2) is 14.8 Å². The Kier molecular flexibility index (Phi) is 5.11. The van der Waals surface area contributed by atoms with Gasteiger partial charge in [-0.15, -0.1) is 11.3 Å². The molecule has 1 amide bonds. The molecule has 0 bridgehead atoms. The van der Waals surface area contributed by atoms with E-state index in [9.17, 15) is 9.59 Å². The van der Waals surface area contributed by atoms with E-state index >= 15 is 0 Å². The highest BCUT2D eigenvalue weighted by Gasteiger charge is 2.27. The molecule has 3 heterocycles. The fraction of sp³-hybridized carbons (Fsp3) is 0.300. The van der Waals surface area contributed by atoms with E-state index in [2.05, 4.69) is 11.1 Å². The predicted octanol–water partition coefficient (Wildman–Crippen LogP) is 3.25. The molecule has 0 unspecified atom stereocenters. The molecule has 1 aliphatic rings. The first kappa shape index (κ1) is 17.6. The lowest BCUT2D eigenvalue weighted by Gasteiger charge is -2.31. The molecule has 4 rings (SSSR count). The number of hydrogen-bond donors (Lipinski definition) is 0. The third-order valence-corrected chi connectivity index (χ3v) is 5.83. The first-order valence-electron chi connectivity index (χ1n) is 8.92. The van der Waals surface area contributed by atoms with E-state index in [1.807, 2.05) is 18.2 Å². The van der Waals surface area contributed by atoms with Gasteiger partial charge in [-0.3, -0.25) is 4.79 Å². The molecule has 1 aromatic carbocycles. The molecular formula is C20H19N3O3S. The van der Waals surface area contributed by atoms with Gasteiger partial charge in [-0.1, -0.05) is 18.2 Å². The predicted molar refractivity (Wildman–Crippen MR) is 103 cm³/mol. The highest BCUT2D eigenvalue weighted by Crippen LogP contribution is 2.32. The molecule has 138 valence electrons. The van der Waals surface area contributed by atoms with Crippen LogP contribution in [0.4, 0.5) is 0 Å². The highest BCUT2D eigenvalue weighted by molar-refractivity contribution is 7.18. The Balaban J connectivity index is 1.37. The van der Waals surface area contributed by atoms with E-state index in [1.165, 1.54) is 10.9 Å². The summed E-state index contributed by atoms with van der Waals surface area (Å²) >= 11 is 1.69. The minimum Gasteiger partial charge on any atom is -0.451 e. The van der Waals surface area contributed by atoms with Crippen LogP contribution >= 0.6 is 11.3 Å². The summed E-state index contributed by atoms with van der Waals surface area (Å²) in [6.45, 7) is 1.03. The Morgan fingerprint density at radius 2 is 2.04 bits per heavy atom. The van der Waals surface area contributed by atoms with Gasteiger partial charge in [0.15, 0.2) is 6.61 Å². The van der Waals surface area contributed by atoms with Gasteiger partial charge in [0.05, 0.1) is 15.2 Å². The van der Waals surface area contributed by atoms with Crippen molar-refractivity contribution in [1.29, 1.82) is 0 Å². The summed E-state index contributed by atoms with van der Waals surface area (Å²) < 4.78 is 6.29. The highest BCUT2D eigenvalue weighted by atomic mass is 32.1. The van der Waals surface area contributed by atoms with Crippen LogP contribution in [0.1, 0.15) is 34.3 Å². The summed E-state index contributed by atoms with van der Waals surface area (Å²) in [5.74, 6) is -0.527. The third-order valence-electron chi connectivity index (χ3n) is 4.63. The molecule has 3 aromatic rings. The summed E-state index contributed by atoms with van der Waals surface area (Å²) in [5.41, 5.74) is 1.21. The van der Waals surface area contributed by atoms with Crippen LogP contribution in [0.5, 0.6) is 0 Å². The largest absolute Gasteiger partial charge is 0.451 e. The van der Waals surface area contributed by atoms with Crippen LogP contribution < -0.4 is 0 Å². The number of carbonyl (C=O) groups is 2. The fourth-order valence-corrected chi connectivity index (χ4v) is 4.34. The average Bonchev–Trinajstić information content (AvgIpc) is 3.17. The molecule has 1 saturated heterocycles. The van der Waals surface area contributed by atoms with Gasteiger partial charge in [0.1, 0.15) is 5.69 Å². The maximum absolute atomic E-state index is 12.5. The van der Waals surface area contributed by atoms with Crippen molar-refractivity contribution in [2.24, 2.45) is 0 Å². The van der Waals surface area contributed by atoms with Crippen LogP contribution in [-0.4, -0.2) is 46.4 Å². The van der Waals surface area contributed by atoms with Crippen molar-refractivity contribution in [3.63, 3.8) is 0 Å². The molecule has 0 spiro atoms. The second-order valence-corrected chi connectivity index (χ2v) is 7.55. The minimum absolute atomic E-state index is 0.176. The van der Waals surface area contributed by atoms with Gasteiger partial charge in [0.25, 0.3) is 5.91 Å². The van der Waals surface area contributed by atoms with Crippen molar-refractivity contribution in [2.75, 3.05) is 19.7 Å². The number of esters is 1. The van der Waals surface area contributed by atoms with Crippen LogP contribution in [0.3, 0.4) is 0 Å². The number of fused-ring (bicyclic) bond motifs is 1. The normalized spacial score (nSPS) is 17.0. The van der Waals surface area contributed by atoms with Gasteiger partial charge in [0, 0.05) is 25.2 Å². The number of amides is 1. The molecule has 0 radical (unpaired) electrons. The number of hydrogen-bond acceptors (Lipinski definition) is 6. The van der Waals surface area contributed by atoms with E-state index in [0.717, 1.165) is 23.4 Å². The van der Waals surface area contributed by atoms with E-state index in [-0.39, 0.29) is 24.1 Å². The van der Waals surface area contributed by atoms with E-state index in [0.29, 0.717) is 13.1 Å². The molecule has 27 heavy (non-hydrogen) atoms. The first-order valence-corrected chi connectivity index (χ1v) is 9.74. The molecule has 7 heteroatoms. The summed E-state index contributed by atoms with van der Waals surface area (Å²) in [4.78, 5) is 34.9. The van der Waals surface area contributed by atoms with E-state index in [4.69, 9.17) is 9.72 Å². The fourth-order valence-electron chi connectivity index (χ4n) is 3.25. The molecule has 0 aliphatic carbocycles. The van der Waals surface area contributed by atoms with Gasteiger partial charge in [-0.05, 0) is 37.1 Å². The van der Waals surface area contributed by atoms with Crippen molar-refractivity contribution >= 4 is 33.4 Å². The van der Waals surface area contributed by atoms with Crippen molar-refractivity contribution in [3.05, 3.63) is 59.4 Å². The number of rotatable bonds is 4. The second kappa shape index (κ2) is 7.84. The zero-order valence-corrected chi connectivity index (χ0v) is 15.5. The summed E-state index contributed by atoms with van der Waals surface area (Å²) in [7, 11) is 0. The zero-order valence-electron chi connectivity index (χ0n) is 14.7. The number of likely N-dealkylation sites (tertiary alicyclic amines) is 1. The van der Waals surface area contributed by atoms with Crippen molar-refractivity contribution in [1.82, 2.24) is 14.9 Å². The number of nitrogens with zero attached hydrogens (tertiary/aromatic N) is 3. The smallest absolute Gasteiger partial charge is 0.357 e. The SMILES string of the molecule is O=C(OCC(=O)N1CCC[C@@H](c2nc3ccccc3s2)C1)c1ccccn1. The van der Waals surface area contributed by atoms with E-state index < -0.39 is 5.97 Å². The number of carbonyl (C=O) groups excluding carboxylic acids is 2. The number of benzene rings is 1. The third kappa shape index (κ3) is 3.98. The van der Waals surface area contributed by atoms with Crippen molar-refractivity contribution in [2.45, 2.75) is 18.8 Å². The first-order chi connectivity index (χ1) is 13.2. The van der Waals surface area contributed by atoms with Gasteiger partial charge >= 0.3 is 5.97 Å². The van der Waals surface area contributed by atoms with Gasteiger partial charge < -0.3 is 9.64 Å². The number of para-hydroxylation sites is 1. The maximum atomic E-state index is 12.5. The van der Waals surface area contributed by atoms with Crippen molar-refractivity contribution in [3.8, 4) is 0 Å². The molecular weight excluding hydrogens is 362 g/mol. The monoisotopic (exact) mass is 381 g/mol. The molecule has 1 fully saturated rings. The Labute approximate surface area is 160 Å². The summed E-state index contributed by atoms with van der Waals surface area (Å²) in [5, 5.41) is 1.07. The molecule has 1 atom stereocenters. The number of ether oxygens (including phenoxy) is 1. The molecule has 1 aliphatic heterocycles. The molecule has 0 saturated carbocycles. The number of pyridine rings is 1. The van der Waals surface area contributed by atoms with Crippen LogP contribution in [0, 0.1) is 0 Å². The topological polar surface area (TPSA) is 72.4 Å². The Morgan fingerprint density at radius 1 is 1.19 bits per heavy atom.